The molecule has 1 aromatic carbocycles. The van der Waals surface area contributed by atoms with Gasteiger partial charge in [-0.1, -0.05) is 25.5 Å². The molecule has 1 aromatic rings. The van der Waals surface area contributed by atoms with Gasteiger partial charge in [0, 0.05) is 19.4 Å². The summed E-state index contributed by atoms with van der Waals surface area (Å²) in [6.07, 6.45) is 1.91. The monoisotopic (exact) mass is 294 g/mol. The Morgan fingerprint density at radius 1 is 1.24 bits per heavy atom. The number of hydrogen-bond donors (Lipinski definition) is 0. The van der Waals surface area contributed by atoms with Crippen molar-refractivity contribution in [3.05, 3.63) is 41.2 Å². The topological polar surface area (TPSA) is 52.6 Å². The van der Waals surface area contributed by atoms with Crippen molar-refractivity contribution in [2.75, 3.05) is 0 Å². The van der Waals surface area contributed by atoms with Crippen LogP contribution in [0.4, 0.5) is 4.39 Å². The highest BCUT2D eigenvalue weighted by Crippen LogP contribution is 2.20. The molecule has 0 aliphatic rings. The molecule has 0 fully saturated rings. The van der Waals surface area contributed by atoms with Crippen molar-refractivity contribution in [1.82, 2.24) is 0 Å². The van der Waals surface area contributed by atoms with E-state index in [1.807, 2.05) is 6.92 Å². The molecular formula is C16H19FO4. The van der Waals surface area contributed by atoms with E-state index < -0.39 is 18.2 Å². The first kappa shape index (κ1) is 16.9. The van der Waals surface area contributed by atoms with Crippen LogP contribution in [0.1, 0.15) is 39.2 Å². The molecule has 0 saturated heterocycles. The Bertz CT molecular complexity index is 521. The van der Waals surface area contributed by atoms with Crippen LogP contribution >= 0.6 is 0 Å². The summed E-state index contributed by atoms with van der Waals surface area (Å²) in [4.78, 5) is 22.3. The molecule has 0 bridgehead atoms. The van der Waals surface area contributed by atoms with Crippen LogP contribution in [0.5, 0.6) is 0 Å². The molecule has 0 aliphatic carbocycles. The standard InChI is InChI=1S/C16H19FO4/c1-4-6-14(9-13-7-5-8-15(17)10-13)16(20-11(2)18)21-12(3)19/h5,7-10,16H,4,6H2,1-3H3/b14-9+. The molecule has 0 aliphatic heterocycles. The predicted octanol–water partition coefficient (Wildman–Crippen LogP) is 3.46. The number of carbonyl (C=O) groups is 2. The van der Waals surface area contributed by atoms with E-state index in [0.29, 0.717) is 17.6 Å². The molecule has 0 heterocycles. The van der Waals surface area contributed by atoms with Gasteiger partial charge in [0.1, 0.15) is 5.82 Å². The van der Waals surface area contributed by atoms with Crippen LogP contribution in [0.2, 0.25) is 0 Å². The van der Waals surface area contributed by atoms with Crippen molar-refractivity contribution in [2.24, 2.45) is 0 Å². The Labute approximate surface area is 123 Å². The second-order valence-electron chi connectivity index (χ2n) is 4.58. The van der Waals surface area contributed by atoms with Gasteiger partial charge in [0.05, 0.1) is 0 Å². The summed E-state index contributed by atoms with van der Waals surface area (Å²) in [6.45, 7) is 4.42. The molecular weight excluding hydrogens is 275 g/mol. The molecule has 0 amide bonds. The Balaban J connectivity index is 3.09. The SMILES string of the molecule is CCC/C(=C\c1cccc(F)c1)C(OC(C)=O)OC(C)=O. The molecule has 21 heavy (non-hydrogen) atoms. The summed E-state index contributed by atoms with van der Waals surface area (Å²) in [6, 6.07) is 6.00. The fourth-order valence-corrected chi connectivity index (χ4v) is 1.83. The van der Waals surface area contributed by atoms with E-state index in [9.17, 15) is 14.0 Å². The van der Waals surface area contributed by atoms with E-state index >= 15 is 0 Å². The summed E-state index contributed by atoms with van der Waals surface area (Å²) < 4.78 is 23.3. The second-order valence-corrected chi connectivity index (χ2v) is 4.58. The third-order valence-corrected chi connectivity index (χ3v) is 2.59. The number of halogens is 1. The minimum absolute atomic E-state index is 0.365. The average molecular weight is 294 g/mol. The summed E-state index contributed by atoms with van der Waals surface area (Å²) in [5, 5.41) is 0. The number of carbonyl (C=O) groups excluding carboxylic acids is 2. The molecule has 1 rings (SSSR count). The van der Waals surface area contributed by atoms with E-state index in [4.69, 9.17) is 9.47 Å². The van der Waals surface area contributed by atoms with Crippen molar-refractivity contribution in [2.45, 2.75) is 39.9 Å². The van der Waals surface area contributed by atoms with Crippen molar-refractivity contribution in [3.63, 3.8) is 0 Å². The zero-order valence-electron chi connectivity index (χ0n) is 12.4. The van der Waals surface area contributed by atoms with Gasteiger partial charge in [-0.15, -0.1) is 0 Å². The molecule has 5 heteroatoms. The van der Waals surface area contributed by atoms with Crippen LogP contribution in [-0.4, -0.2) is 18.2 Å². The maximum Gasteiger partial charge on any atom is 0.305 e. The highest BCUT2D eigenvalue weighted by atomic mass is 19.1. The lowest BCUT2D eigenvalue weighted by Crippen LogP contribution is -2.24. The average Bonchev–Trinajstić information content (AvgIpc) is 2.36. The highest BCUT2D eigenvalue weighted by Gasteiger charge is 2.20. The van der Waals surface area contributed by atoms with Crippen molar-refractivity contribution >= 4 is 18.0 Å². The molecule has 0 atom stereocenters. The fourth-order valence-electron chi connectivity index (χ4n) is 1.83. The Morgan fingerprint density at radius 2 is 1.86 bits per heavy atom. The van der Waals surface area contributed by atoms with Gasteiger partial charge >= 0.3 is 11.9 Å². The predicted molar refractivity (Wildman–Crippen MR) is 76.6 cm³/mol. The first-order valence-electron chi connectivity index (χ1n) is 6.72. The van der Waals surface area contributed by atoms with Gasteiger partial charge in [0.15, 0.2) is 0 Å². The van der Waals surface area contributed by atoms with Crippen LogP contribution < -0.4 is 0 Å². The summed E-state index contributed by atoms with van der Waals surface area (Å²) in [5.74, 6) is -1.47. The van der Waals surface area contributed by atoms with Crippen molar-refractivity contribution in [3.8, 4) is 0 Å². The lowest BCUT2D eigenvalue weighted by molar-refractivity contribution is -0.178. The van der Waals surface area contributed by atoms with Crippen molar-refractivity contribution < 1.29 is 23.5 Å². The molecule has 0 saturated carbocycles. The smallest absolute Gasteiger partial charge is 0.305 e. The number of esters is 2. The van der Waals surface area contributed by atoms with Gasteiger partial charge in [-0.25, -0.2) is 4.39 Å². The van der Waals surface area contributed by atoms with Crippen molar-refractivity contribution in [1.29, 1.82) is 0 Å². The first-order chi connectivity index (χ1) is 9.92. The highest BCUT2D eigenvalue weighted by molar-refractivity contribution is 5.69. The number of ether oxygens (including phenoxy) is 2. The fraction of sp³-hybridized carbons (Fsp3) is 0.375. The van der Waals surface area contributed by atoms with E-state index in [-0.39, 0.29) is 5.82 Å². The van der Waals surface area contributed by atoms with Gasteiger partial charge in [0.2, 0.25) is 0 Å². The van der Waals surface area contributed by atoms with E-state index in [2.05, 4.69) is 0 Å². The zero-order valence-corrected chi connectivity index (χ0v) is 12.4. The third-order valence-electron chi connectivity index (χ3n) is 2.59. The number of rotatable bonds is 6. The van der Waals surface area contributed by atoms with Crippen LogP contribution in [0, 0.1) is 5.82 Å². The molecule has 0 aromatic heterocycles. The molecule has 0 N–H and O–H groups in total. The van der Waals surface area contributed by atoms with E-state index in [0.717, 1.165) is 6.42 Å². The number of benzene rings is 1. The Kier molecular flexibility index (Phi) is 6.59. The Morgan fingerprint density at radius 3 is 2.33 bits per heavy atom. The minimum atomic E-state index is -1.08. The maximum atomic E-state index is 13.2. The molecule has 0 spiro atoms. The first-order valence-corrected chi connectivity index (χ1v) is 6.72. The summed E-state index contributed by atoms with van der Waals surface area (Å²) >= 11 is 0. The minimum Gasteiger partial charge on any atom is -0.421 e. The molecule has 0 unspecified atom stereocenters. The molecule has 4 nitrogen and oxygen atoms in total. The van der Waals surface area contributed by atoms with Gasteiger partial charge in [0.25, 0.3) is 6.29 Å². The van der Waals surface area contributed by atoms with Gasteiger partial charge < -0.3 is 9.47 Å². The Hall–Kier alpha value is -2.17. The third kappa shape index (κ3) is 6.21. The van der Waals surface area contributed by atoms with Crippen LogP contribution in [-0.2, 0) is 19.1 Å². The maximum absolute atomic E-state index is 13.2. The molecule has 0 radical (unpaired) electrons. The van der Waals surface area contributed by atoms with E-state index in [1.165, 1.54) is 26.0 Å². The molecule has 114 valence electrons. The van der Waals surface area contributed by atoms with Crippen LogP contribution in [0.25, 0.3) is 6.08 Å². The van der Waals surface area contributed by atoms with Gasteiger partial charge in [-0.2, -0.15) is 0 Å². The number of hydrogen-bond acceptors (Lipinski definition) is 4. The zero-order chi connectivity index (χ0) is 15.8. The van der Waals surface area contributed by atoms with Gasteiger partial charge in [-0.3, -0.25) is 9.59 Å². The normalized spacial score (nSPS) is 11.4. The lowest BCUT2D eigenvalue weighted by Gasteiger charge is -2.19. The largest absolute Gasteiger partial charge is 0.421 e. The lowest BCUT2D eigenvalue weighted by atomic mass is 10.1. The quantitative estimate of drug-likeness (QED) is 0.595. The summed E-state index contributed by atoms with van der Waals surface area (Å²) in [7, 11) is 0. The van der Waals surface area contributed by atoms with Gasteiger partial charge in [-0.05, 0) is 30.2 Å². The van der Waals surface area contributed by atoms with Crippen LogP contribution in [0.15, 0.2) is 29.8 Å². The van der Waals surface area contributed by atoms with E-state index in [1.54, 1.807) is 18.2 Å². The second kappa shape index (κ2) is 8.19. The van der Waals surface area contributed by atoms with Crippen LogP contribution in [0.3, 0.4) is 0 Å². The summed E-state index contributed by atoms with van der Waals surface area (Å²) in [5.41, 5.74) is 1.22.